The Labute approximate surface area is 113 Å². The highest BCUT2D eigenvalue weighted by molar-refractivity contribution is 7.10. The van der Waals surface area contributed by atoms with Crippen LogP contribution < -0.4 is 0 Å². The molecule has 0 radical (unpaired) electrons. The van der Waals surface area contributed by atoms with Gasteiger partial charge in [0.05, 0.1) is 6.04 Å². The molecule has 3 nitrogen and oxygen atoms in total. The first kappa shape index (κ1) is 13.4. The Morgan fingerprint density at radius 3 is 2.89 bits per heavy atom. The molecule has 0 saturated heterocycles. The van der Waals surface area contributed by atoms with Gasteiger partial charge in [0, 0.05) is 11.9 Å². The molecule has 1 atom stereocenters. The molecule has 1 aliphatic rings. The van der Waals surface area contributed by atoms with Crippen molar-refractivity contribution in [2.45, 2.75) is 51.7 Å². The fourth-order valence-corrected chi connectivity index (χ4v) is 3.43. The van der Waals surface area contributed by atoms with E-state index in [2.05, 4.69) is 11.4 Å². The number of thiophene rings is 1. The molecule has 0 saturated carbocycles. The van der Waals surface area contributed by atoms with Gasteiger partial charge in [-0.3, -0.25) is 0 Å². The number of nitrogens with zero attached hydrogens (tertiary/aromatic N) is 1. The first-order valence-electron chi connectivity index (χ1n) is 6.40. The van der Waals surface area contributed by atoms with E-state index in [1.165, 1.54) is 10.4 Å². The lowest BCUT2D eigenvalue weighted by atomic mass is 9.94. The van der Waals surface area contributed by atoms with E-state index in [4.69, 9.17) is 4.74 Å². The molecule has 0 aromatic carbocycles. The van der Waals surface area contributed by atoms with Crippen LogP contribution >= 0.6 is 11.3 Å². The largest absolute Gasteiger partial charge is 0.444 e. The van der Waals surface area contributed by atoms with E-state index in [1.807, 2.05) is 27.8 Å². The highest BCUT2D eigenvalue weighted by Crippen LogP contribution is 2.37. The Bertz CT molecular complexity index is 433. The van der Waals surface area contributed by atoms with Gasteiger partial charge < -0.3 is 9.64 Å². The normalized spacial score (nSPS) is 19.2. The summed E-state index contributed by atoms with van der Waals surface area (Å²) in [6.07, 6.45) is 3.08. The van der Waals surface area contributed by atoms with Gasteiger partial charge in [-0.1, -0.05) is 0 Å². The van der Waals surface area contributed by atoms with Crippen LogP contribution in [0.4, 0.5) is 4.79 Å². The number of ether oxygens (including phenoxy) is 1. The second kappa shape index (κ2) is 4.92. The Hall–Kier alpha value is -1.03. The maximum atomic E-state index is 12.1. The molecule has 0 aliphatic heterocycles. The fourth-order valence-electron chi connectivity index (χ4n) is 2.29. The molecule has 1 aliphatic carbocycles. The smallest absolute Gasteiger partial charge is 0.410 e. The maximum absolute atomic E-state index is 12.1. The van der Waals surface area contributed by atoms with Crippen LogP contribution in [0.25, 0.3) is 0 Å². The minimum Gasteiger partial charge on any atom is -0.444 e. The molecule has 2 rings (SSSR count). The van der Waals surface area contributed by atoms with Gasteiger partial charge in [-0.15, -0.1) is 11.3 Å². The second-order valence-electron chi connectivity index (χ2n) is 5.81. The Morgan fingerprint density at radius 1 is 1.50 bits per heavy atom. The van der Waals surface area contributed by atoms with Crippen molar-refractivity contribution < 1.29 is 9.53 Å². The Kier molecular flexibility index (Phi) is 3.66. The summed E-state index contributed by atoms with van der Waals surface area (Å²) in [5.74, 6) is 0. The third-order valence-electron chi connectivity index (χ3n) is 3.16. The van der Waals surface area contributed by atoms with E-state index < -0.39 is 5.60 Å². The molecule has 4 heteroatoms. The molecule has 18 heavy (non-hydrogen) atoms. The van der Waals surface area contributed by atoms with Crippen molar-refractivity contribution >= 4 is 17.4 Å². The van der Waals surface area contributed by atoms with Gasteiger partial charge in [-0.25, -0.2) is 4.79 Å². The zero-order valence-electron chi connectivity index (χ0n) is 11.5. The summed E-state index contributed by atoms with van der Waals surface area (Å²) in [6.45, 7) is 5.70. The van der Waals surface area contributed by atoms with Crippen molar-refractivity contribution in [3.05, 3.63) is 21.9 Å². The van der Waals surface area contributed by atoms with Crippen molar-refractivity contribution in [2.24, 2.45) is 0 Å². The van der Waals surface area contributed by atoms with E-state index >= 15 is 0 Å². The standard InChI is InChI=1S/C14H21NO2S/c1-14(2,3)17-13(16)15(4)11-7-5-6-10-8-9-18-12(10)11/h8-9,11H,5-7H2,1-4H3. The molecule has 1 amide bonds. The molecule has 0 fully saturated rings. The Morgan fingerprint density at radius 2 is 2.22 bits per heavy atom. The van der Waals surface area contributed by atoms with Crippen molar-refractivity contribution in [3.8, 4) is 0 Å². The van der Waals surface area contributed by atoms with Crippen LogP contribution in [-0.4, -0.2) is 23.6 Å². The first-order valence-corrected chi connectivity index (χ1v) is 7.28. The fraction of sp³-hybridized carbons (Fsp3) is 0.643. The molecule has 0 spiro atoms. The summed E-state index contributed by atoms with van der Waals surface area (Å²) in [5.41, 5.74) is 0.963. The van der Waals surface area contributed by atoms with Crippen LogP contribution in [0.5, 0.6) is 0 Å². The average molecular weight is 267 g/mol. The number of hydrogen-bond acceptors (Lipinski definition) is 3. The van der Waals surface area contributed by atoms with Gasteiger partial charge in [0.25, 0.3) is 0 Å². The summed E-state index contributed by atoms with van der Waals surface area (Å²) >= 11 is 1.75. The molecule has 1 heterocycles. The maximum Gasteiger partial charge on any atom is 0.410 e. The number of hydrogen-bond donors (Lipinski definition) is 0. The molecule has 1 unspecified atom stereocenters. The lowest BCUT2D eigenvalue weighted by Crippen LogP contribution is -2.37. The lowest BCUT2D eigenvalue weighted by Gasteiger charge is -2.32. The van der Waals surface area contributed by atoms with E-state index in [0.717, 1.165) is 19.3 Å². The van der Waals surface area contributed by atoms with E-state index in [9.17, 15) is 4.79 Å². The second-order valence-corrected chi connectivity index (χ2v) is 6.76. The van der Waals surface area contributed by atoms with Crippen LogP contribution in [0.3, 0.4) is 0 Å². The number of rotatable bonds is 1. The summed E-state index contributed by atoms with van der Waals surface area (Å²) < 4.78 is 5.44. The average Bonchev–Trinajstić information content (AvgIpc) is 2.73. The number of carbonyl (C=O) groups excluding carboxylic acids is 1. The van der Waals surface area contributed by atoms with Crippen LogP contribution in [-0.2, 0) is 11.2 Å². The van der Waals surface area contributed by atoms with Crippen molar-refractivity contribution in [3.63, 3.8) is 0 Å². The van der Waals surface area contributed by atoms with Crippen LogP contribution in [0.2, 0.25) is 0 Å². The summed E-state index contributed by atoms with van der Waals surface area (Å²) in [5, 5.41) is 2.12. The van der Waals surface area contributed by atoms with Gasteiger partial charge >= 0.3 is 6.09 Å². The van der Waals surface area contributed by atoms with Crippen molar-refractivity contribution in [1.82, 2.24) is 4.90 Å². The van der Waals surface area contributed by atoms with Crippen molar-refractivity contribution in [1.29, 1.82) is 0 Å². The van der Waals surface area contributed by atoms with Gasteiger partial charge in [-0.2, -0.15) is 0 Å². The molecular weight excluding hydrogens is 246 g/mol. The zero-order valence-corrected chi connectivity index (χ0v) is 12.3. The van der Waals surface area contributed by atoms with E-state index in [-0.39, 0.29) is 12.1 Å². The van der Waals surface area contributed by atoms with Gasteiger partial charge in [0.15, 0.2) is 0 Å². The van der Waals surface area contributed by atoms with Crippen molar-refractivity contribution in [2.75, 3.05) is 7.05 Å². The van der Waals surface area contributed by atoms with Crippen LogP contribution in [0.15, 0.2) is 11.4 Å². The SMILES string of the molecule is CN(C(=O)OC(C)(C)C)C1CCCc2ccsc21. The Balaban J connectivity index is 2.11. The summed E-state index contributed by atoms with van der Waals surface area (Å²) in [4.78, 5) is 15.2. The minimum absolute atomic E-state index is 0.184. The van der Waals surface area contributed by atoms with Crippen LogP contribution in [0.1, 0.15) is 50.1 Å². The highest BCUT2D eigenvalue weighted by atomic mass is 32.1. The molecule has 0 N–H and O–H groups in total. The first-order chi connectivity index (χ1) is 8.38. The van der Waals surface area contributed by atoms with Gasteiger partial charge in [-0.05, 0) is 57.0 Å². The number of aryl methyl sites for hydroxylation is 1. The van der Waals surface area contributed by atoms with Gasteiger partial charge in [0.1, 0.15) is 5.60 Å². The molecule has 1 aromatic rings. The predicted octanol–water partition coefficient (Wildman–Crippen LogP) is 3.99. The predicted molar refractivity (Wildman–Crippen MR) is 74.0 cm³/mol. The number of fused-ring (bicyclic) bond motifs is 1. The van der Waals surface area contributed by atoms with E-state index in [1.54, 1.807) is 16.2 Å². The third kappa shape index (κ3) is 2.86. The quantitative estimate of drug-likeness (QED) is 0.770. The lowest BCUT2D eigenvalue weighted by molar-refractivity contribution is 0.0208. The zero-order chi connectivity index (χ0) is 13.3. The van der Waals surface area contributed by atoms with Crippen LogP contribution in [0, 0.1) is 0 Å². The summed E-state index contributed by atoms with van der Waals surface area (Å²) in [6, 6.07) is 2.36. The summed E-state index contributed by atoms with van der Waals surface area (Å²) in [7, 11) is 1.84. The molecule has 100 valence electrons. The molecule has 0 bridgehead atoms. The highest BCUT2D eigenvalue weighted by Gasteiger charge is 2.30. The monoisotopic (exact) mass is 267 g/mol. The van der Waals surface area contributed by atoms with E-state index in [0.29, 0.717) is 0 Å². The molecule has 1 aromatic heterocycles. The minimum atomic E-state index is -0.432. The number of carbonyl (C=O) groups is 1. The van der Waals surface area contributed by atoms with Gasteiger partial charge in [0.2, 0.25) is 0 Å². The number of amides is 1. The topological polar surface area (TPSA) is 29.5 Å². The third-order valence-corrected chi connectivity index (χ3v) is 4.22. The molecular formula is C14H21NO2S.